The molecule has 0 saturated carbocycles. The average molecular weight is 349 g/mol. The van der Waals surface area contributed by atoms with Gasteiger partial charge in [0.2, 0.25) is 0 Å². The minimum Gasteiger partial charge on any atom is -0.479 e. The summed E-state index contributed by atoms with van der Waals surface area (Å²) in [5, 5.41) is 18.5. The van der Waals surface area contributed by atoms with Gasteiger partial charge in [-0.1, -0.05) is 36.4 Å². The number of benzene rings is 2. The van der Waals surface area contributed by atoms with E-state index in [1.807, 2.05) is 41.1 Å². The Morgan fingerprint density at radius 1 is 1.12 bits per heavy atom. The van der Waals surface area contributed by atoms with E-state index < -0.39 is 17.9 Å². The molecule has 2 aromatic carbocycles. The molecule has 0 fully saturated rings. The highest BCUT2D eigenvalue weighted by Gasteiger charge is 2.26. The van der Waals surface area contributed by atoms with Crippen LogP contribution in [0.15, 0.2) is 48.7 Å². The van der Waals surface area contributed by atoms with Crippen molar-refractivity contribution in [2.24, 2.45) is 0 Å². The molecule has 1 aliphatic heterocycles. The second-order valence-corrected chi connectivity index (χ2v) is 6.54. The largest absolute Gasteiger partial charge is 0.479 e. The zero-order valence-electron chi connectivity index (χ0n) is 14.2. The molecule has 0 bridgehead atoms. The molecule has 2 N–H and O–H groups in total. The number of aromatic nitrogens is 2. The van der Waals surface area contributed by atoms with Gasteiger partial charge in [0.05, 0.1) is 17.5 Å². The van der Waals surface area contributed by atoms with Gasteiger partial charge < -0.3 is 10.4 Å². The fraction of sp³-hybridized carbons (Fsp3) is 0.250. The molecule has 3 aromatic rings. The first-order valence-corrected chi connectivity index (χ1v) is 8.70. The molecule has 26 heavy (non-hydrogen) atoms. The van der Waals surface area contributed by atoms with Gasteiger partial charge in [0.15, 0.2) is 6.04 Å². The zero-order chi connectivity index (χ0) is 18.1. The normalized spacial score (nSPS) is 14.6. The van der Waals surface area contributed by atoms with Crippen LogP contribution in [0, 0.1) is 0 Å². The van der Waals surface area contributed by atoms with Crippen molar-refractivity contribution in [3.8, 4) is 0 Å². The number of nitrogens with one attached hydrogen (secondary N) is 1. The maximum Gasteiger partial charge on any atom is 0.330 e. The minimum atomic E-state index is -1.11. The third kappa shape index (κ3) is 2.94. The van der Waals surface area contributed by atoms with Gasteiger partial charge in [0.25, 0.3) is 5.91 Å². The molecule has 1 aromatic heterocycles. The number of carbonyl (C=O) groups excluding carboxylic acids is 1. The van der Waals surface area contributed by atoms with E-state index in [4.69, 9.17) is 0 Å². The molecule has 132 valence electrons. The zero-order valence-corrected chi connectivity index (χ0v) is 14.2. The third-order valence-electron chi connectivity index (χ3n) is 4.86. The monoisotopic (exact) mass is 349 g/mol. The van der Waals surface area contributed by atoms with Crippen molar-refractivity contribution in [1.82, 2.24) is 15.1 Å². The third-order valence-corrected chi connectivity index (χ3v) is 4.86. The summed E-state index contributed by atoms with van der Waals surface area (Å²) in [4.78, 5) is 24.5. The van der Waals surface area contributed by atoms with Crippen LogP contribution in [0.5, 0.6) is 0 Å². The van der Waals surface area contributed by atoms with Crippen LogP contribution >= 0.6 is 0 Å². The van der Waals surface area contributed by atoms with Crippen molar-refractivity contribution in [2.45, 2.75) is 31.8 Å². The molecular formula is C20H19N3O3. The van der Waals surface area contributed by atoms with E-state index in [0.29, 0.717) is 11.1 Å². The van der Waals surface area contributed by atoms with Crippen LogP contribution in [0.25, 0.3) is 10.8 Å². The number of carbonyl (C=O) groups is 2. The van der Waals surface area contributed by atoms with Crippen molar-refractivity contribution in [2.75, 3.05) is 0 Å². The van der Waals surface area contributed by atoms with Crippen LogP contribution < -0.4 is 5.32 Å². The van der Waals surface area contributed by atoms with Gasteiger partial charge in [-0.2, -0.15) is 5.10 Å². The molecule has 6 nitrogen and oxygen atoms in total. The van der Waals surface area contributed by atoms with Crippen molar-refractivity contribution in [3.05, 3.63) is 65.5 Å². The van der Waals surface area contributed by atoms with Crippen molar-refractivity contribution in [1.29, 1.82) is 0 Å². The number of hydrogen-bond acceptors (Lipinski definition) is 3. The van der Waals surface area contributed by atoms with Crippen LogP contribution in [0.2, 0.25) is 0 Å². The first-order valence-electron chi connectivity index (χ1n) is 8.70. The van der Waals surface area contributed by atoms with E-state index in [-0.39, 0.29) is 0 Å². The molecule has 1 aliphatic rings. The number of hydrogen-bond donors (Lipinski definition) is 2. The first-order chi connectivity index (χ1) is 12.6. The predicted octanol–water partition coefficient (Wildman–Crippen LogP) is 2.93. The number of aryl methyl sites for hydroxylation is 1. The van der Waals surface area contributed by atoms with Crippen LogP contribution in [0.1, 0.15) is 40.5 Å². The Balaban J connectivity index is 1.63. The van der Waals surface area contributed by atoms with Gasteiger partial charge in [-0.25, -0.2) is 4.79 Å². The highest BCUT2D eigenvalue weighted by molar-refractivity contribution is 5.98. The molecule has 0 spiro atoms. The molecule has 1 amide bonds. The van der Waals surface area contributed by atoms with E-state index in [9.17, 15) is 14.7 Å². The molecular weight excluding hydrogens is 330 g/mol. The Labute approximate surface area is 150 Å². The van der Waals surface area contributed by atoms with Crippen molar-refractivity contribution < 1.29 is 14.7 Å². The molecule has 6 heteroatoms. The lowest BCUT2D eigenvalue weighted by Gasteiger charge is -2.17. The number of amides is 1. The summed E-state index contributed by atoms with van der Waals surface area (Å²) in [5.41, 5.74) is 1.90. The molecule has 1 atom stereocenters. The maximum atomic E-state index is 12.7. The van der Waals surface area contributed by atoms with E-state index in [1.54, 1.807) is 6.07 Å². The fourth-order valence-corrected chi connectivity index (χ4v) is 3.49. The topological polar surface area (TPSA) is 84.2 Å². The minimum absolute atomic E-state index is 0.395. The van der Waals surface area contributed by atoms with E-state index in [0.717, 1.165) is 42.3 Å². The summed E-state index contributed by atoms with van der Waals surface area (Å²) in [6, 6.07) is 12.0. The van der Waals surface area contributed by atoms with Gasteiger partial charge >= 0.3 is 5.97 Å². The Bertz CT molecular complexity index is 993. The SMILES string of the molecule is O=C(NC(C(=O)O)c1ccc2ccccc2c1)c1cnn2c1CCCC2. The Hall–Kier alpha value is -3.15. The second kappa shape index (κ2) is 6.63. The summed E-state index contributed by atoms with van der Waals surface area (Å²) < 4.78 is 1.84. The van der Waals surface area contributed by atoms with Crippen LogP contribution in [0.4, 0.5) is 0 Å². The number of nitrogens with zero attached hydrogens (tertiary/aromatic N) is 2. The van der Waals surface area contributed by atoms with Gasteiger partial charge in [0.1, 0.15) is 0 Å². The number of rotatable bonds is 4. The molecule has 0 saturated heterocycles. The van der Waals surface area contributed by atoms with Crippen LogP contribution in [0.3, 0.4) is 0 Å². The number of carboxylic acid groups (broad SMARTS) is 1. The van der Waals surface area contributed by atoms with Crippen molar-refractivity contribution in [3.63, 3.8) is 0 Å². The van der Waals surface area contributed by atoms with E-state index in [1.165, 1.54) is 6.20 Å². The number of fused-ring (bicyclic) bond motifs is 2. The maximum absolute atomic E-state index is 12.7. The van der Waals surface area contributed by atoms with Crippen LogP contribution in [-0.4, -0.2) is 26.8 Å². The molecule has 2 heterocycles. The summed E-state index contributed by atoms with van der Waals surface area (Å²) in [6.07, 6.45) is 4.38. The number of carboxylic acids is 1. The lowest BCUT2D eigenvalue weighted by molar-refractivity contribution is -0.139. The summed E-state index contributed by atoms with van der Waals surface area (Å²) in [6.45, 7) is 0.801. The van der Waals surface area contributed by atoms with Crippen molar-refractivity contribution >= 4 is 22.6 Å². The highest BCUT2D eigenvalue weighted by Crippen LogP contribution is 2.23. The molecule has 4 rings (SSSR count). The lowest BCUT2D eigenvalue weighted by atomic mass is 10.0. The van der Waals surface area contributed by atoms with E-state index >= 15 is 0 Å². The average Bonchev–Trinajstić information content (AvgIpc) is 3.09. The van der Waals surface area contributed by atoms with Gasteiger partial charge in [-0.05, 0) is 41.7 Å². The van der Waals surface area contributed by atoms with Gasteiger partial charge in [-0.3, -0.25) is 9.48 Å². The summed E-state index contributed by atoms with van der Waals surface area (Å²) >= 11 is 0. The number of aliphatic carboxylic acids is 1. The smallest absolute Gasteiger partial charge is 0.330 e. The lowest BCUT2D eigenvalue weighted by Crippen LogP contribution is -2.34. The molecule has 1 unspecified atom stereocenters. The molecule has 0 radical (unpaired) electrons. The highest BCUT2D eigenvalue weighted by atomic mass is 16.4. The van der Waals surface area contributed by atoms with Crippen LogP contribution in [-0.2, 0) is 17.8 Å². The standard InChI is InChI=1S/C20H19N3O3/c24-19(16-12-21-23-10-4-3-7-17(16)23)22-18(20(25)26)15-9-8-13-5-1-2-6-14(13)11-15/h1-2,5-6,8-9,11-12,18H,3-4,7,10H2,(H,22,24)(H,25,26). The van der Waals surface area contributed by atoms with E-state index in [2.05, 4.69) is 10.4 Å². The summed E-state index contributed by atoms with van der Waals surface area (Å²) in [5.74, 6) is -1.48. The van der Waals surface area contributed by atoms with Gasteiger partial charge in [0, 0.05) is 6.54 Å². The Morgan fingerprint density at radius 2 is 1.92 bits per heavy atom. The Kier molecular flexibility index (Phi) is 4.16. The quantitative estimate of drug-likeness (QED) is 0.758. The molecule has 0 aliphatic carbocycles. The first kappa shape index (κ1) is 16.3. The second-order valence-electron chi connectivity index (χ2n) is 6.54. The van der Waals surface area contributed by atoms with Gasteiger partial charge in [-0.15, -0.1) is 0 Å². The summed E-state index contributed by atoms with van der Waals surface area (Å²) in [7, 11) is 0. The Morgan fingerprint density at radius 3 is 2.73 bits per heavy atom. The fourth-order valence-electron chi connectivity index (χ4n) is 3.49. The predicted molar refractivity (Wildman–Crippen MR) is 97.0 cm³/mol.